The third kappa shape index (κ3) is 4.74. The number of rotatable bonds is 6. The summed E-state index contributed by atoms with van der Waals surface area (Å²) in [6.45, 7) is 3.15. The molecule has 25 heavy (non-hydrogen) atoms. The van der Waals surface area contributed by atoms with Gasteiger partial charge in [-0.25, -0.2) is 8.42 Å². The Morgan fingerprint density at radius 3 is 2.40 bits per heavy atom. The summed E-state index contributed by atoms with van der Waals surface area (Å²) < 4.78 is 32.9. The lowest BCUT2D eigenvalue weighted by molar-refractivity contribution is -0.141. The Morgan fingerprint density at radius 2 is 1.84 bits per heavy atom. The van der Waals surface area contributed by atoms with Crippen molar-refractivity contribution >= 4 is 49.2 Å². The number of carbonyl (C=O) groups excluding carboxylic acids is 1. The number of carbonyl (C=O) groups is 1. The van der Waals surface area contributed by atoms with Crippen LogP contribution in [0.5, 0.6) is 0 Å². The van der Waals surface area contributed by atoms with Crippen LogP contribution in [0.4, 0.5) is 5.69 Å². The number of sulfonamides is 1. The van der Waals surface area contributed by atoms with E-state index in [4.69, 9.17) is 16.3 Å². The number of hydrogen-bond acceptors (Lipinski definition) is 4. The fraction of sp³-hybridized carbons (Fsp3) is 0.235. The molecule has 2 aromatic carbocycles. The zero-order valence-electron chi connectivity index (χ0n) is 13.7. The predicted molar refractivity (Wildman–Crippen MR) is 101 cm³/mol. The monoisotopic (exact) mass is 445 g/mol. The van der Waals surface area contributed by atoms with Gasteiger partial charge in [0.15, 0.2) is 0 Å². The summed E-state index contributed by atoms with van der Waals surface area (Å²) in [6.07, 6.45) is 0. The van der Waals surface area contributed by atoms with E-state index in [1.54, 1.807) is 44.2 Å². The molecular formula is C17H17BrClNO4S. The predicted octanol–water partition coefficient (Wildman–Crippen LogP) is 4.17. The second kappa shape index (κ2) is 8.21. The van der Waals surface area contributed by atoms with E-state index in [-0.39, 0.29) is 11.5 Å². The molecule has 0 bridgehead atoms. The molecule has 0 aliphatic carbocycles. The molecule has 0 amide bonds. The number of anilines is 1. The highest BCUT2D eigenvalue weighted by atomic mass is 79.9. The molecule has 0 unspecified atom stereocenters. The van der Waals surface area contributed by atoms with Crippen LogP contribution in [0.15, 0.2) is 51.8 Å². The highest BCUT2D eigenvalue weighted by Gasteiger charge is 2.28. The van der Waals surface area contributed by atoms with E-state index >= 15 is 0 Å². The maximum Gasteiger partial charge on any atom is 0.326 e. The summed E-state index contributed by atoms with van der Waals surface area (Å²) in [6, 6.07) is 11.0. The van der Waals surface area contributed by atoms with Crippen LogP contribution in [0.1, 0.15) is 12.5 Å². The number of halogens is 2. The standard InChI is InChI=1S/C17H17BrClNO4S/c1-3-24-17(21)11-20(16-9-6-14(19)10-12(16)2)25(22,23)15-7-4-13(18)5-8-15/h4-10H,3,11H2,1-2H3. The van der Waals surface area contributed by atoms with Gasteiger partial charge in [0.25, 0.3) is 10.0 Å². The van der Waals surface area contributed by atoms with Gasteiger partial charge in [0, 0.05) is 9.50 Å². The Labute approximate surface area is 160 Å². The molecule has 2 aromatic rings. The van der Waals surface area contributed by atoms with Crippen molar-refractivity contribution in [1.82, 2.24) is 0 Å². The lowest BCUT2D eigenvalue weighted by Crippen LogP contribution is -2.37. The molecule has 0 radical (unpaired) electrons. The van der Waals surface area contributed by atoms with Gasteiger partial charge in [0.1, 0.15) is 6.54 Å². The first kappa shape index (κ1) is 19.8. The summed E-state index contributed by atoms with van der Waals surface area (Å²) >= 11 is 9.24. The Hall–Kier alpha value is -1.57. The molecular weight excluding hydrogens is 430 g/mol. The number of benzene rings is 2. The van der Waals surface area contributed by atoms with Crippen LogP contribution in [-0.2, 0) is 19.6 Å². The minimum Gasteiger partial charge on any atom is -0.465 e. The molecule has 0 N–H and O–H groups in total. The highest BCUT2D eigenvalue weighted by Crippen LogP contribution is 2.29. The molecule has 134 valence electrons. The molecule has 8 heteroatoms. The highest BCUT2D eigenvalue weighted by molar-refractivity contribution is 9.10. The van der Waals surface area contributed by atoms with Crippen molar-refractivity contribution in [3.05, 3.63) is 57.5 Å². The quantitative estimate of drug-likeness (QED) is 0.625. The van der Waals surface area contributed by atoms with E-state index in [9.17, 15) is 13.2 Å². The van der Waals surface area contributed by atoms with Gasteiger partial charge < -0.3 is 4.74 Å². The zero-order valence-corrected chi connectivity index (χ0v) is 16.9. The zero-order chi connectivity index (χ0) is 18.6. The lowest BCUT2D eigenvalue weighted by atomic mass is 10.2. The maximum atomic E-state index is 13.1. The van der Waals surface area contributed by atoms with E-state index in [2.05, 4.69) is 15.9 Å². The van der Waals surface area contributed by atoms with Crippen molar-refractivity contribution in [3.8, 4) is 0 Å². The number of ether oxygens (including phenoxy) is 1. The van der Waals surface area contributed by atoms with E-state index in [0.29, 0.717) is 16.3 Å². The van der Waals surface area contributed by atoms with Gasteiger partial charge >= 0.3 is 5.97 Å². The minimum absolute atomic E-state index is 0.0781. The van der Waals surface area contributed by atoms with Crippen LogP contribution < -0.4 is 4.31 Å². The largest absolute Gasteiger partial charge is 0.465 e. The van der Waals surface area contributed by atoms with Crippen LogP contribution in [0.3, 0.4) is 0 Å². The van der Waals surface area contributed by atoms with E-state index in [1.807, 2.05) is 0 Å². The fourth-order valence-electron chi connectivity index (χ4n) is 2.26. The molecule has 2 rings (SSSR count). The summed E-state index contributed by atoms with van der Waals surface area (Å²) in [5, 5.41) is 0.485. The number of esters is 1. The average molecular weight is 447 g/mol. The Kier molecular flexibility index (Phi) is 6.48. The van der Waals surface area contributed by atoms with Gasteiger partial charge in [-0.15, -0.1) is 0 Å². The van der Waals surface area contributed by atoms with Gasteiger partial charge in [0.2, 0.25) is 0 Å². The summed E-state index contributed by atoms with van der Waals surface area (Å²) in [4.78, 5) is 12.1. The van der Waals surface area contributed by atoms with Crippen molar-refractivity contribution in [1.29, 1.82) is 0 Å². The van der Waals surface area contributed by atoms with Crippen LogP contribution in [0.2, 0.25) is 5.02 Å². The van der Waals surface area contributed by atoms with E-state index in [1.165, 1.54) is 12.1 Å². The lowest BCUT2D eigenvalue weighted by Gasteiger charge is -2.25. The average Bonchev–Trinajstić information content (AvgIpc) is 2.54. The number of aryl methyl sites for hydroxylation is 1. The molecule has 0 aromatic heterocycles. The van der Waals surface area contributed by atoms with E-state index < -0.39 is 22.5 Å². The molecule has 5 nitrogen and oxygen atoms in total. The molecule has 0 atom stereocenters. The van der Waals surface area contributed by atoms with Crippen molar-refractivity contribution in [2.24, 2.45) is 0 Å². The van der Waals surface area contributed by atoms with Crippen LogP contribution >= 0.6 is 27.5 Å². The summed E-state index contributed by atoms with van der Waals surface area (Å²) in [7, 11) is -3.95. The van der Waals surface area contributed by atoms with E-state index in [0.717, 1.165) is 8.78 Å². The molecule has 0 heterocycles. The minimum atomic E-state index is -3.95. The molecule has 0 aliphatic heterocycles. The molecule has 0 fully saturated rings. The molecule has 0 aliphatic rings. The van der Waals surface area contributed by atoms with Gasteiger partial charge in [-0.05, 0) is 61.9 Å². The maximum absolute atomic E-state index is 13.1. The van der Waals surface area contributed by atoms with Gasteiger partial charge in [0.05, 0.1) is 17.2 Å². The SMILES string of the molecule is CCOC(=O)CN(c1ccc(Cl)cc1C)S(=O)(=O)c1ccc(Br)cc1. The topological polar surface area (TPSA) is 63.7 Å². The van der Waals surface area contributed by atoms with Gasteiger partial charge in [-0.2, -0.15) is 0 Å². The Bertz CT molecular complexity index is 869. The van der Waals surface area contributed by atoms with Crippen molar-refractivity contribution in [2.45, 2.75) is 18.7 Å². The third-order valence-corrected chi connectivity index (χ3v) is 5.94. The summed E-state index contributed by atoms with van der Waals surface area (Å²) in [5.74, 6) is -0.627. The first-order valence-corrected chi connectivity index (χ1v) is 10.1. The van der Waals surface area contributed by atoms with Gasteiger partial charge in [-0.3, -0.25) is 9.10 Å². The number of nitrogens with zero attached hydrogens (tertiary/aromatic N) is 1. The van der Waals surface area contributed by atoms with Crippen molar-refractivity contribution in [3.63, 3.8) is 0 Å². The van der Waals surface area contributed by atoms with Crippen LogP contribution in [-0.4, -0.2) is 27.5 Å². The smallest absolute Gasteiger partial charge is 0.326 e. The van der Waals surface area contributed by atoms with Crippen LogP contribution in [0, 0.1) is 6.92 Å². The normalized spacial score (nSPS) is 11.2. The molecule has 0 saturated carbocycles. The molecule has 0 spiro atoms. The van der Waals surface area contributed by atoms with Gasteiger partial charge in [-0.1, -0.05) is 27.5 Å². The first-order chi connectivity index (χ1) is 11.8. The Balaban J connectivity index is 2.53. The second-order valence-electron chi connectivity index (χ2n) is 5.20. The fourth-order valence-corrected chi connectivity index (χ4v) is 4.22. The first-order valence-electron chi connectivity index (χ1n) is 7.45. The summed E-state index contributed by atoms with van der Waals surface area (Å²) in [5.41, 5.74) is 1.01. The Morgan fingerprint density at radius 1 is 1.20 bits per heavy atom. The second-order valence-corrected chi connectivity index (χ2v) is 8.42. The third-order valence-electron chi connectivity index (χ3n) is 3.41. The van der Waals surface area contributed by atoms with Crippen molar-refractivity contribution < 1.29 is 17.9 Å². The van der Waals surface area contributed by atoms with Crippen LogP contribution in [0.25, 0.3) is 0 Å². The van der Waals surface area contributed by atoms with Crippen molar-refractivity contribution in [2.75, 3.05) is 17.5 Å². The molecule has 0 saturated heterocycles. The number of hydrogen-bond donors (Lipinski definition) is 0.